The lowest BCUT2D eigenvalue weighted by Gasteiger charge is -2.36. The molecule has 98 valence electrons. The molecule has 0 aromatic rings. The molecule has 0 fully saturated rings. The number of aliphatic carboxylic acids is 1. The molecule has 2 nitrogen and oxygen atoms in total. The second-order valence-electron chi connectivity index (χ2n) is 5.29. The summed E-state index contributed by atoms with van der Waals surface area (Å²) < 4.78 is 0. The molecule has 0 aromatic heterocycles. The van der Waals surface area contributed by atoms with Gasteiger partial charge in [0.05, 0.1) is 0 Å². The molecular formula is C16H22O2. The average molecular weight is 246 g/mol. The van der Waals surface area contributed by atoms with Gasteiger partial charge in [-0.05, 0) is 44.9 Å². The summed E-state index contributed by atoms with van der Waals surface area (Å²) in [4.78, 5) is 11.5. The summed E-state index contributed by atoms with van der Waals surface area (Å²) in [6.45, 7) is 6.00. The van der Waals surface area contributed by atoms with Crippen molar-refractivity contribution in [1.29, 1.82) is 0 Å². The van der Waals surface area contributed by atoms with Crippen molar-refractivity contribution in [1.82, 2.24) is 0 Å². The zero-order valence-corrected chi connectivity index (χ0v) is 11.2. The molecule has 18 heavy (non-hydrogen) atoms. The number of carboxylic acids is 1. The first-order valence-corrected chi connectivity index (χ1v) is 6.94. The van der Waals surface area contributed by atoms with Crippen molar-refractivity contribution in [3.05, 3.63) is 35.5 Å². The summed E-state index contributed by atoms with van der Waals surface area (Å²) in [6, 6.07) is 0. The van der Waals surface area contributed by atoms with E-state index in [9.17, 15) is 9.90 Å². The largest absolute Gasteiger partial charge is 0.478 e. The van der Waals surface area contributed by atoms with E-state index < -0.39 is 11.4 Å². The zero-order valence-electron chi connectivity index (χ0n) is 11.2. The van der Waals surface area contributed by atoms with Crippen molar-refractivity contribution in [3.8, 4) is 0 Å². The van der Waals surface area contributed by atoms with Crippen molar-refractivity contribution in [2.45, 2.75) is 51.9 Å². The zero-order chi connectivity index (χ0) is 13.2. The highest BCUT2D eigenvalue weighted by molar-refractivity contribution is 5.89. The lowest BCUT2D eigenvalue weighted by atomic mass is 9.66. The molecule has 2 rings (SSSR count). The van der Waals surface area contributed by atoms with Crippen LogP contribution in [0.15, 0.2) is 35.5 Å². The van der Waals surface area contributed by atoms with Crippen molar-refractivity contribution in [2.24, 2.45) is 5.41 Å². The fourth-order valence-corrected chi connectivity index (χ4v) is 3.56. The Balaban J connectivity index is 2.48. The quantitative estimate of drug-likeness (QED) is 0.582. The van der Waals surface area contributed by atoms with E-state index in [-0.39, 0.29) is 0 Å². The molecule has 1 N–H and O–H groups in total. The van der Waals surface area contributed by atoms with Crippen LogP contribution in [-0.4, -0.2) is 11.1 Å². The van der Waals surface area contributed by atoms with E-state index in [2.05, 4.69) is 25.7 Å². The highest BCUT2D eigenvalue weighted by Crippen LogP contribution is 2.51. The average Bonchev–Trinajstić information content (AvgIpc) is 3.03. The number of hydrogen-bond donors (Lipinski definition) is 1. The first-order chi connectivity index (χ1) is 8.63. The van der Waals surface area contributed by atoms with Crippen LogP contribution in [0.5, 0.6) is 0 Å². The minimum atomic E-state index is -0.850. The Bertz CT molecular complexity index is 397. The molecule has 2 aliphatic rings. The van der Waals surface area contributed by atoms with E-state index in [1.807, 2.05) is 0 Å². The number of allylic oxidation sites excluding steroid dienone is 4. The van der Waals surface area contributed by atoms with E-state index in [1.165, 1.54) is 11.1 Å². The molecular weight excluding hydrogens is 224 g/mol. The number of rotatable bonds is 5. The predicted molar refractivity (Wildman–Crippen MR) is 73.4 cm³/mol. The summed E-state index contributed by atoms with van der Waals surface area (Å²) in [7, 11) is 0. The van der Waals surface area contributed by atoms with Crippen LogP contribution in [0.1, 0.15) is 51.9 Å². The van der Waals surface area contributed by atoms with Crippen LogP contribution in [0.3, 0.4) is 0 Å². The Kier molecular flexibility index (Phi) is 3.74. The number of hydrogen-bond acceptors (Lipinski definition) is 1. The maximum atomic E-state index is 11.5. The minimum Gasteiger partial charge on any atom is -0.478 e. The van der Waals surface area contributed by atoms with Crippen molar-refractivity contribution in [3.63, 3.8) is 0 Å². The normalized spacial score (nSPS) is 19.6. The van der Waals surface area contributed by atoms with E-state index >= 15 is 0 Å². The fourth-order valence-electron chi connectivity index (χ4n) is 3.56. The second kappa shape index (κ2) is 5.13. The molecule has 2 heteroatoms. The third-order valence-corrected chi connectivity index (χ3v) is 4.48. The maximum Gasteiger partial charge on any atom is 0.332 e. The van der Waals surface area contributed by atoms with Crippen molar-refractivity contribution < 1.29 is 9.90 Å². The second-order valence-corrected chi connectivity index (χ2v) is 5.29. The summed E-state index contributed by atoms with van der Waals surface area (Å²) >= 11 is 0. The van der Waals surface area contributed by atoms with Gasteiger partial charge >= 0.3 is 5.97 Å². The summed E-state index contributed by atoms with van der Waals surface area (Å²) in [5.74, 6) is -0.850. The summed E-state index contributed by atoms with van der Waals surface area (Å²) in [5.41, 5.74) is 2.57. The van der Waals surface area contributed by atoms with Crippen LogP contribution >= 0.6 is 0 Å². The molecule has 0 aliphatic heterocycles. The smallest absolute Gasteiger partial charge is 0.332 e. The van der Waals surface area contributed by atoms with Crippen LogP contribution in [0, 0.1) is 5.41 Å². The van der Waals surface area contributed by atoms with E-state index in [4.69, 9.17) is 0 Å². The fraction of sp³-hybridized carbons (Fsp3) is 0.562. The van der Waals surface area contributed by atoms with Gasteiger partial charge in [0, 0.05) is 11.0 Å². The topological polar surface area (TPSA) is 37.3 Å². The van der Waals surface area contributed by atoms with Gasteiger partial charge in [0.2, 0.25) is 0 Å². The first-order valence-electron chi connectivity index (χ1n) is 6.94. The monoisotopic (exact) mass is 246 g/mol. The molecule has 0 spiro atoms. The minimum absolute atomic E-state index is 0.367. The lowest BCUT2D eigenvalue weighted by molar-refractivity contribution is -0.133. The first kappa shape index (κ1) is 13.1. The molecule has 0 heterocycles. The molecule has 0 aromatic carbocycles. The number of carbonyl (C=O) groups is 1. The van der Waals surface area contributed by atoms with E-state index in [1.54, 1.807) is 0 Å². The molecule has 0 atom stereocenters. The van der Waals surface area contributed by atoms with Gasteiger partial charge in [-0.15, -0.1) is 0 Å². The Morgan fingerprint density at radius 2 is 1.78 bits per heavy atom. The van der Waals surface area contributed by atoms with Crippen LogP contribution in [0.4, 0.5) is 0 Å². The Labute approximate surface area is 109 Å². The van der Waals surface area contributed by atoms with E-state index in [0.29, 0.717) is 5.57 Å². The molecule has 0 amide bonds. The Morgan fingerprint density at radius 3 is 2.06 bits per heavy atom. The molecule has 0 radical (unpaired) electrons. The molecule has 0 saturated heterocycles. The SMILES string of the molecule is C=C(C(=O)O)C(CC)(C1=CCCC1)C1=CCCC1. The van der Waals surface area contributed by atoms with Crippen molar-refractivity contribution >= 4 is 5.97 Å². The maximum absolute atomic E-state index is 11.5. The lowest BCUT2D eigenvalue weighted by Crippen LogP contribution is -2.30. The molecule has 0 unspecified atom stereocenters. The Hall–Kier alpha value is -1.31. The molecule has 2 aliphatic carbocycles. The third kappa shape index (κ3) is 1.94. The van der Waals surface area contributed by atoms with Gasteiger partial charge in [-0.1, -0.05) is 36.8 Å². The van der Waals surface area contributed by atoms with Gasteiger partial charge in [-0.25, -0.2) is 4.79 Å². The molecule has 0 saturated carbocycles. The Morgan fingerprint density at radius 1 is 1.28 bits per heavy atom. The standard InChI is InChI=1S/C16H22O2/c1-3-16(12(2)15(17)18,13-8-4-5-9-13)14-10-6-7-11-14/h8,10H,2-7,9,11H2,1H3,(H,17,18). The summed E-state index contributed by atoms with van der Waals surface area (Å²) in [6.07, 6.45) is 11.8. The van der Waals surface area contributed by atoms with Gasteiger partial charge in [-0.3, -0.25) is 0 Å². The van der Waals surface area contributed by atoms with E-state index in [0.717, 1.165) is 44.9 Å². The third-order valence-electron chi connectivity index (χ3n) is 4.48. The van der Waals surface area contributed by atoms with Gasteiger partial charge in [0.15, 0.2) is 0 Å². The van der Waals surface area contributed by atoms with Crippen LogP contribution in [-0.2, 0) is 4.79 Å². The highest BCUT2D eigenvalue weighted by atomic mass is 16.4. The number of carboxylic acid groups (broad SMARTS) is 1. The van der Waals surface area contributed by atoms with Gasteiger partial charge in [0.1, 0.15) is 0 Å². The van der Waals surface area contributed by atoms with Gasteiger partial charge in [-0.2, -0.15) is 0 Å². The van der Waals surface area contributed by atoms with Crippen LogP contribution in [0.25, 0.3) is 0 Å². The van der Waals surface area contributed by atoms with Crippen LogP contribution < -0.4 is 0 Å². The predicted octanol–water partition coefficient (Wildman–Crippen LogP) is 4.24. The summed E-state index contributed by atoms with van der Waals surface area (Å²) in [5, 5.41) is 9.42. The van der Waals surface area contributed by atoms with Gasteiger partial charge in [0.25, 0.3) is 0 Å². The van der Waals surface area contributed by atoms with Crippen molar-refractivity contribution in [2.75, 3.05) is 0 Å². The van der Waals surface area contributed by atoms with Gasteiger partial charge < -0.3 is 5.11 Å². The molecule has 0 bridgehead atoms. The van der Waals surface area contributed by atoms with Crippen LogP contribution in [0.2, 0.25) is 0 Å². The highest BCUT2D eigenvalue weighted by Gasteiger charge is 2.42.